The summed E-state index contributed by atoms with van der Waals surface area (Å²) in [7, 11) is 0. The number of rotatable bonds is 16. The molecule has 4 aliphatic carbocycles. The maximum Gasteiger partial charge on any atom is 0.338 e. The maximum atomic E-state index is 13.3. The van der Waals surface area contributed by atoms with Crippen LogP contribution in [0.25, 0.3) is 0 Å². The molecule has 0 amide bonds. The molecule has 8 atom stereocenters. The van der Waals surface area contributed by atoms with Crippen LogP contribution in [-0.4, -0.2) is 23.8 Å². The van der Waals surface area contributed by atoms with E-state index in [1.165, 1.54) is 88.8 Å². The molecule has 2 aromatic rings. The number of thioether (sulfide) groups is 1. The van der Waals surface area contributed by atoms with Crippen LogP contribution in [0.5, 0.6) is 5.75 Å². The molecule has 3 saturated carbocycles. The molecule has 2 aromatic carbocycles. The first kappa shape index (κ1) is 40.1. The number of hydrogen-bond donors (Lipinski definition) is 0. The van der Waals surface area contributed by atoms with Gasteiger partial charge < -0.3 is 9.47 Å². The Morgan fingerprint density at radius 2 is 1.55 bits per heavy atom. The molecule has 0 aliphatic heterocycles. The normalized spacial score (nSPS) is 29.8. The zero-order chi connectivity index (χ0) is 37.6. The largest absolute Gasteiger partial charge is 0.494 e. The lowest BCUT2D eigenvalue weighted by molar-refractivity contribution is -0.0594. The van der Waals surface area contributed by atoms with Gasteiger partial charge in [0.05, 0.1) is 12.2 Å². The number of allylic oxidation sites excluding steroid dienone is 1. The van der Waals surface area contributed by atoms with Crippen molar-refractivity contribution in [2.75, 3.05) is 6.61 Å². The van der Waals surface area contributed by atoms with Crippen LogP contribution >= 0.6 is 11.8 Å². The van der Waals surface area contributed by atoms with E-state index in [1.54, 1.807) is 17.7 Å². The first-order valence-corrected chi connectivity index (χ1v) is 22.3. The van der Waals surface area contributed by atoms with Gasteiger partial charge in [-0.15, -0.1) is 0 Å². The Morgan fingerprint density at radius 3 is 2.28 bits per heavy atom. The van der Waals surface area contributed by atoms with Crippen molar-refractivity contribution in [2.24, 2.45) is 46.3 Å². The van der Waals surface area contributed by atoms with Gasteiger partial charge in [0, 0.05) is 16.9 Å². The first-order valence-electron chi connectivity index (χ1n) is 21.5. The summed E-state index contributed by atoms with van der Waals surface area (Å²) in [6.07, 6.45) is 22.4. The molecule has 4 aliphatic rings. The lowest BCUT2D eigenvalue weighted by Crippen LogP contribution is -2.51. The zero-order valence-electron chi connectivity index (χ0n) is 33.8. The van der Waals surface area contributed by atoms with Gasteiger partial charge in [-0.3, -0.25) is 4.79 Å². The highest BCUT2D eigenvalue weighted by Crippen LogP contribution is 2.67. The van der Waals surface area contributed by atoms with Crippen LogP contribution in [0.2, 0.25) is 0 Å². The summed E-state index contributed by atoms with van der Waals surface area (Å²) in [5, 5.41) is -0.0262. The third-order valence-electron chi connectivity index (χ3n) is 14.4. The number of carbonyl (C=O) groups excluding carboxylic acids is 2. The van der Waals surface area contributed by atoms with E-state index in [2.05, 4.69) is 47.6 Å². The third kappa shape index (κ3) is 9.30. The van der Waals surface area contributed by atoms with E-state index in [0.717, 1.165) is 71.8 Å². The molecular weight excluding hydrogens is 673 g/mol. The molecule has 53 heavy (non-hydrogen) atoms. The van der Waals surface area contributed by atoms with E-state index in [1.807, 2.05) is 36.4 Å². The van der Waals surface area contributed by atoms with Crippen molar-refractivity contribution in [2.45, 2.75) is 155 Å². The van der Waals surface area contributed by atoms with Gasteiger partial charge in [0.15, 0.2) is 0 Å². The summed E-state index contributed by atoms with van der Waals surface area (Å²) in [5.74, 6) is 5.50. The second-order valence-corrected chi connectivity index (χ2v) is 19.3. The minimum Gasteiger partial charge on any atom is -0.494 e. The molecule has 0 heterocycles. The fourth-order valence-corrected chi connectivity index (χ4v) is 12.1. The zero-order valence-corrected chi connectivity index (χ0v) is 34.6. The van der Waals surface area contributed by atoms with Crippen molar-refractivity contribution < 1.29 is 19.1 Å². The van der Waals surface area contributed by atoms with E-state index >= 15 is 0 Å². The molecule has 0 unspecified atom stereocenters. The summed E-state index contributed by atoms with van der Waals surface area (Å²) in [6.45, 7) is 15.4. The quantitative estimate of drug-likeness (QED) is 0.0742. The number of carbonyl (C=O) groups is 2. The number of benzene rings is 2. The maximum absolute atomic E-state index is 13.3. The van der Waals surface area contributed by atoms with Crippen LogP contribution < -0.4 is 4.74 Å². The van der Waals surface area contributed by atoms with Gasteiger partial charge in [0.1, 0.15) is 11.9 Å². The van der Waals surface area contributed by atoms with E-state index in [0.29, 0.717) is 23.1 Å². The Morgan fingerprint density at radius 1 is 0.811 bits per heavy atom. The number of esters is 1. The molecule has 0 saturated heterocycles. The molecular formula is C48H68O4S. The summed E-state index contributed by atoms with van der Waals surface area (Å²) in [5.41, 5.74) is 3.47. The topological polar surface area (TPSA) is 52.6 Å². The van der Waals surface area contributed by atoms with Crippen LogP contribution in [0.4, 0.5) is 0 Å². The van der Waals surface area contributed by atoms with Crippen molar-refractivity contribution in [3.05, 3.63) is 71.3 Å². The Balaban J connectivity index is 0.983. The van der Waals surface area contributed by atoms with Crippen LogP contribution in [0.3, 0.4) is 0 Å². The molecule has 290 valence electrons. The minimum atomic E-state index is -0.260. The average molecular weight is 741 g/mol. The fourth-order valence-electron chi connectivity index (χ4n) is 11.4. The number of ether oxygens (including phenoxy) is 2. The predicted molar refractivity (Wildman–Crippen MR) is 220 cm³/mol. The van der Waals surface area contributed by atoms with Crippen LogP contribution in [-0.2, 0) is 4.74 Å². The van der Waals surface area contributed by atoms with Crippen molar-refractivity contribution in [3.8, 4) is 5.75 Å². The SMILES string of the molecule is CCCCCCCOc1ccc(C(=O)Sc2ccc(C(=O)O[C@H]3CC[C@@]4(C)C(=CC[C@H]5[C@@H]6CC[C@H]([C@H](C)CCCC(C)C)[C@@]6(C)CC[C@@H]54)C3)cc2)cc1. The lowest BCUT2D eigenvalue weighted by Gasteiger charge is -2.58. The first-order chi connectivity index (χ1) is 25.5. The molecule has 0 N–H and O–H groups in total. The summed E-state index contributed by atoms with van der Waals surface area (Å²) < 4.78 is 12.0. The Hall–Kier alpha value is -2.53. The summed E-state index contributed by atoms with van der Waals surface area (Å²) in [4.78, 5) is 27.1. The van der Waals surface area contributed by atoms with Gasteiger partial charge in [-0.2, -0.15) is 0 Å². The van der Waals surface area contributed by atoms with E-state index in [-0.39, 0.29) is 22.6 Å². The van der Waals surface area contributed by atoms with Crippen LogP contribution in [0.1, 0.15) is 165 Å². The number of unbranched alkanes of at least 4 members (excludes halogenated alkanes) is 4. The molecule has 0 bridgehead atoms. The Labute approximate surface area is 326 Å². The fraction of sp³-hybridized carbons (Fsp3) is 0.667. The molecule has 0 radical (unpaired) electrons. The van der Waals surface area contributed by atoms with E-state index in [9.17, 15) is 9.59 Å². The molecule has 4 nitrogen and oxygen atoms in total. The highest BCUT2D eigenvalue weighted by atomic mass is 32.2. The third-order valence-corrected chi connectivity index (χ3v) is 15.4. The number of hydrogen-bond acceptors (Lipinski definition) is 5. The van der Waals surface area contributed by atoms with Crippen molar-refractivity contribution in [3.63, 3.8) is 0 Å². The molecule has 5 heteroatoms. The standard InChI is InChI=1S/C48H68O4S/c1-7-8-9-10-11-31-51-38-20-15-36(16-21-38)46(50)53-40-22-17-35(18-23-40)45(49)52-39-27-29-47(5)37(32-39)19-24-41-43-26-25-42(34(4)14-12-13-33(2)3)48(43,6)30-28-44(41)47/h15-23,33-34,39,41-44H,7-14,24-32H2,1-6H3/t34-,39+,41+,42-,43+,44+,47+,48-/m1/s1. The molecule has 0 aromatic heterocycles. The summed E-state index contributed by atoms with van der Waals surface area (Å²) >= 11 is 1.18. The van der Waals surface area contributed by atoms with E-state index in [4.69, 9.17) is 9.47 Å². The Kier molecular flexibility index (Phi) is 13.6. The highest BCUT2D eigenvalue weighted by Gasteiger charge is 2.59. The summed E-state index contributed by atoms with van der Waals surface area (Å²) in [6, 6.07) is 14.7. The van der Waals surface area contributed by atoms with Gasteiger partial charge >= 0.3 is 5.97 Å². The van der Waals surface area contributed by atoms with Crippen molar-refractivity contribution in [1.82, 2.24) is 0 Å². The minimum absolute atomic E-state index is 0.0262. The molecule has 0 spiro atoms. The lowest BCUT2D eigenvalue weighted by atomic mass is 9.47. The molecule has 3 fully saturated rings. The average Bonchev–Trinajstić information content (AvgIpc) is 3.51. The van der Waals surface area contributed by atoms with Crippen molar-refractivity contribution in [1.29, 1.82) is 0 Å². The van der Waals surface area contributed by atoms with Crippen LogP contribution in [0, 0.1) is 46.3 Å². The van der Waals surface area contributed by atoms with Gasteiger partial charge in [0.25, 0.3) is 0 Å². The predicted octanol–water partition coefficient (Wildman–Crippen LogP) is 13.5. The van der Waals surface area contributed by atoms with Gasteiger partial charge in [0.2, 0.25) is 5.12 Å². The van der Waals surface area contributed by atoms with Crippen LogP contribution in [0.15, 0.2) is 65.1 Å². The van der Waals surface area contributed by atoms with Crippen molar-refractivity contribution >= 4 is 22.8 Å². The second-order valence-electron chi connectivity index (χ2n) is 18.3. The second kappa shape index (κ2) is 17.9. The molecule has 6 rings (SSSR count). The van der Waals surface area contributed by atoms with Gasteiger partial charge in [-0.1, -0.05) is 98.1 Å². The van der Waals surface area contributed by atoms with Gasteiger partial charge in [-0.25, -0.2) is 4.79 Å². The van der Waals surface area contributed by atoms with E-state index < -0.39 is 0 Å². The monoisotopic (exact) mass is 740 g/mol. The Bertz CT molecular complexity index is 1540. The van der Waals surface area contributed by atoms with Gasteiger partial charge in [-0.05, 0) is 158 Å². The highest BCUT2D eigenvalue weighted by molar-refractivity contribution is 8.14. The number of fused-ring (bicyclic) bond motifs is 5. The smallest absolute Gasteiger partial charge is 0.338 e.